The number of nitrogens with one attached hydrogen (secondary N) is 1. The lowest BCUT2D eigenvalue weighted by Gasteiger charge is -2.48. The number of aromatic amines is 1. The summed E-state index contributed by atoms with van der Waals surface area (Å²) in [5, 5.41) is 10.5. The van der Waals surface area contributed by atoms with E-state index in [1.807, 2.05) is 11.0 Å². The van der Waals surface area contributed by atoms with Crippen LogP contribution >= 0.6 is 0 Å². The summed E-state index contributed by atoms with van der Waals surface area (Å²) in [6.07, 6.45) is 0. The first kappa shape index (κ1) is 15.3. The number of hydrogen-bond acceptors (Lipinski definition) is 5. The Labute approximate surface area is 140 Å². The van der Waals surface area contributed by atoms with Crippen molar-refractivity contribution in [3.63, 3.8) is 0 Å². The Morgan fingerprint density at radius 2 is 2.04 bits per heavy atom. The molecule has 3 heterocycles. The standard InChI is InChI=1S/C17H21N5O2/c1-12-16(19-20-18-12)17(23)21-7-8-22-14(9-21)10-24-11-15(22)13-5-3-2-4-6-13/h2-6,14-15H,7-11H2,1H3,(H,18,19,20)/t14-,15-/m1/s1. The van der Waals surface area contributed by atoms with Gasteiger partial charge in [-0.3, -0.25) is 9.69 Å². The van der Waals surface area contributed by atoms with Crippen LogP contribution in [-0.4, -0.2) is 70.0 Å². The summed E-state index contributed by atoms with van der Waals surface area (Å²) < 4.78 is 5.83. The van der Waals surface area contributed by atoms with Gasteiger partial charge in [-0.05, 0) is 12.5 Å². The number of carbonyl (C=O) groups is 1. The van der Waals surface area contributed by atoms with Crippen LogP contribution in [0.25, 0.3) is 0 Å². The van der Waals surface area contributed by atoms with E-state index in [0.717, 1.165) is 6.54 Å². The molecule has 7 nitrogen and oxygen atoms in total. The zero-order valence-electron chi connectivity index (χ0n) is 13.7. The zero-order chi connectivity index (χ0) is 16.5. The fourth-order valence-electron chi connectivity index (χ4n) is 3.62. The lowest BCUT2D eigenvalue weighted by molar-refractivity contribution is -0.0771. The largest absolute Gasteiger partial charge is 0.378 e. The maximum absolute atomic E-state index is 12.7. The summed E-state index contributed by atoms with van der Waals surface area (Å²) in [6, 6.07) is 10.9. The van der Waals surface area contributed by atoms with Crippen LogP contribution < -0.4 is 0 Å². The number of piperazine rings is 1. The van der Waals surface area contributed by atoms with Crippen LogP contribution in [0.15, 0.2) is 30.3 Å². The van der Waals surface area contributed by atoms with E-state index < -0.39 is 0 Å². The molecule has 2 aliphatic rings. The van der Waals surface area contributed by atoms with Crippen molar-refractivity contribution in [2.24, 2.45) is 0 Å². The lowest BCUT2D eigenvalue weighted by atomic mass is 10.00. The molecular formula is C17H21N5O2. The number of benzene rings is 1. The molecule has 1 aromatic heterocycles. The number of ether oxygens (including phenoxy) is 1. The molecule has 0 aliphatic carbocycles. The molecule has 7 heteroatoms. The molecule has 1 amide bonds. The predicted molar refractivity (Wildman–Crippen MR) is 87.5 cm³/mol. The second kappa shape index (κ2) is 6.33. The fourth-order valence-corrected chi connectivity index (χ4v) is 3.62. The van der Waals surface area contributed by atoms with Crippen LogP contribution in [0, 0.1) is 6.92 Å². The van der Waals surface area contributed by atoms with Crippen molar-refractivity contribution >= 4 is 5.91 Å². The minimum atomic E-state index is -0.0530. The molecule has 126 valence electrons. The molecule has 2 aromatic rings. The number of aryl methyl sites for hydroxylation is 1. The Balaban J connectivity index is 1.50. The van der Waals surface area contributed by atoms with Crippen molar-refractivity contribution in [2.45, 2.75) is 19.0 Å². The highest BCUT2D eigenvalue weighted by Gasteiger charge is 2.38. The third-order valence-corrected chi connectivity index (χ3v) is 4.91. The smallest absolute Gasteiger partial charge is 0.276 e. The molecule has 0 bridgehead atoms. The fraction of sp³-hybridized carbons (Fsp3) is 0.471. The average molecular weight is 327 g/mol. The number of morpholine rings is 1. The molecule has 1 aromatic carbocycles. The molecule has 2 saturated heterocycles. The van der Waals surface area contributed by atoms with Gasteiger partial charge >= 0.3 is 0 Å². The molecule has 2 fully saturated rings. The first-order valence-electron chi connectivity index (χ1n) is 8.29. The van der Waals surface area contributed by atoms with E-state index in [9.17, 15) is 4.79 Å². The molecule has 1 N–H and O–H groups in total. The average Bonchev–Trinajstić information content (AvgIpc) is 3.07. The van der Waals surface area contributed by atoms with Gasteiger partial charge in [0.25, 0.3) is 5.91 Å². The number of carbonyl (C=O) groups excluding carboxylic acids is 1. The second-order valence-corrected chi connectivity index (χ2v) is 6.36. The van der Waals surface area contributed by atoms with Crippen LogP contribution in [0.4, 0.5) is 0 Å². The Morgan fingerprint density at radius 1 is 1.21 bits per heavy atom. The molecule has 2 atom stereocenters. The first-order valence-corrected chi connectivity index (χ1v) is 8.29. The van der Waals surface area contributed by atoms with E-state index in [-0.39, 0.29) is 18.0 Å². The van der Waals surface area contributed by atoms with Crippen LogP contribution in [0.1, 0.15) is 27.8 Å². The van der Waals surface area contributed by atoms with Gasteiger partial charge in [0.2, 0.25) is 0 Å². The van der Waals surface area contributed by atoms with Crippen LogP contribution in [0.2, 0.25) is 0 Å². The maximum Gasteiger partial charge on any atom is 0.276 e. The van der Waals surface area contributed by atoms with Crippen molar-refractivity contribution in [2.75, 3.05) is 32.8 Å². The molecule has 0 saturated carbocycles. The first-order chi connectivity index (χ1) is 11.7. The summed E-state index contributed by atoms with van der Waals surface area (Å²) in [5.41, 5.74) is 2.33. The van der Waals surface area contributed by atoms with Crippen LogP contribution in [0.3, 0.4) is 0 Å². The Bertz CT molecular complexity index is 717. The topological polar surface area (TPSA) is 74.4 Å². The summed E-state index contributed by atoms with van der Waals surface area (Å²) in [7, 11) is 0. The monoisotopic (exact) mass is 327 g/mol. The quantitative estimate of drug-likeness (QED) is 0.891. The van der Waals surface area contributed by atoms with Gasteiger partial charge in [-0.25, -0.2) is 0 Å². The SMILES string of the molecule is Cc1n[nH]nc1C(=O)N1CCN2[C@@H](COC[C@@H]2c2ccccc2)C1. The Morgan fingerprint density at radius 3 is 2.79 bits per heavy atom. The minimum Gasteiger partial charge on any atom is -0.378 e. The van der Waals surface area contributed by atoms with Crippen molar-refractivity contribution < 1.29 is 9.53 Å². The predicted octanol–water partition coefficient (Wildman–Crippen LogP) is 1.01. The van der Waals surface area contributed by atoms with E-state index in [2.05, 4.69) is 44.6 Å². The van der Waals surface area contributed by atoms with E-state index in [0.29, 0.717) is 37.7 Å². The molecule has 24 heavy (non-hydrogen) atoms. The van der Waals surface area contributed by atoms with E-state index in [4.69, 9.17) is 4.74 Å². The molecule has 0 spiro atoms. The van der Waals surface area contributed by atoms with Crippen molar-refractivity contribution in [1.29, 1.82) is 0 Å². The van der Waals surface area contributed by atoms with Gasteiger partial charge in [0.1, 0.15) is 0 Å². The zero-order valence-corrected chi connectivity index (χ0v) is 13.7. The number of H-pyrrole nitrogens is 1. The highest BCUT2D eigenvalue weighted by Crippen LogP contribution is 2.29. The number of rotatable bonds is 2. The van der Waals surface area contributed by atoms with Crippen molar-refractivity contribution in [3.05, 3.63) is 47.3 Å². The number of amides is 1. The molecule has 2 aliphatic heterocycles. The van der Waals surface area contributed by atoms with E-state index >= 15 is 0 Å². The van der Waals surface area contributed by atoms with Gasteiger partial charge in [-0.1, -0.05) is 30.3 Å². The van der Waals surface area contributed by atoms with Gasteiger partial charge in [-0.15, -0.1) is 0 Å². The summed E-state index contributed by atoms with van der Waals surface area (Å²) in [5.74, 6) is -0.0530. The Kier molecular flexibility index (Phi) is 4.03. The van der Waals surface area contributed by atoms with Gasteiger partial charge in [-0.2, -0.15) is 15.4 Å². The summed E-state index contributed by atoms with van der Waals surface area (Å²) >= 11 is 0. The van der Waals surface area contributed by atoms with E-state index in [1.165, 1.54) is 5.56 Å². The molecular weight excluding hydrogens is 306 g/mol. The van der Waals surface area contributed by atoms with Crippen molar-refractivity contribution in [1.82, 2.24) is 25.2 Å². The molecule has 4 rings (SSSR count). The highest BCUT2D eigenvalue weighted by molar-refractivity contribution is 5.93. The van der Waals surface area contributed by atoms with Gasteiger partial charge in [0.15, 0.2) is 5.69 Å². The summed E-state index contributed by atoms with van der Waals surface area (Å²) in [6.45, 7) is 5.36. The van der Waals surface area contributed by atoms with Crippen LogP contribution in [0.5, 0.6) is 0 Å². The maximum atomic E-state index is 12.7. The Hall–Kier alpha value is -2.25. The van der Waals surface area contributed by atoms with Gasteiger partial charge in [0.05, 0.1) is 31.0 Å². The number of fused-ring (bicyclic) bond motifs is 1. The molecule has 0 radical (unpaired) electrons. The summed E-state index contributed by atoms with van der Waals surface area (Å²) in [4.78, 5) is 17.0. The highest BCUT2D eigenvalue weighted by atomic mass is 16.5. The number of hydrogen-bond donors (Lipinski definition) is 1. The number of nitrogens with zero attached hydrogens (tertiary/aromatic N) is 4. The van der Waals surface area contributed by atoms with Crippen molar-refractivity contribution in [3.8, 4) is 0 Å². The lowest BCUT2D eigenvalue weighted by Crippen LogP contribution is -2.60. The molecule has 0 unspecified atom stereocenters. The normalized spacial score (nSPS) is 24.6. The third kappa shape index (κ3) is 2.70. The minimum absolute atomic E-state index is 0.0530. The van der Waals surface area contributed by atoms with E-state index in [1.54, 1.807) is 6.92 Å². The van der Waals surface area contributed by atoms with Gasteiger partial charge < -0.3 is 9.64 Å². The third-order valence-electron chi connectivity index (χ3n) is 4.91. The van der Waals surface area contributed by atoms with Gasteiger partial charge in [0, 0.05) is 19.6 Å². The van der Waals surface area contributed by atoms with Crippen LogP contribution in [-0.2, 0) is 4.74 Å². The second-order valence-electron chi connectivity index (χ2n) is 6.36. The number of aromatic nitrogens is 3.